The third-order valence-electron chi connectivity index (χ3n) is 5.46. The first-order valence-corrected chi connectivity index (χ1v) is 12.0. The van der Waals surface area contributed by atoms with Crippen molar-refractivity contribution in [3.8, 4) is 0 Å². The topological polar surface area (TPSA) is 58.2 Å². The van der Waals surface area contributed by atoms with Crippen molar-refractivity contribution >= 4 is 87.3 Å². The number of carbonyl (C=O) groups excluding carboxylic acids is 2. The summed E-state index contributed by atoms with van der Waals surface area (Å²) in [5.41, 5.74) is 2.76. The second-order valence-corrected chi connectivity index (χ2v) is 10.5. The normalized spacial score (nSPS) is 18.1. The second kappa shape index (κ2) is 9.80. The van der Waals surface area contributed by atoms with Crippen LogP contribution in [-0.2, 0) is 4.79 Å². The number of halogens is 5. The van der Waals surface area contributed by atoms with Gasteiger partial charge in [0, 0.05) is 27.3 Å². The van der Waals surface area contributed by atoms with Gasteiger partial charge in [0.15, 0.2) is 0 Å². The van der Waals surface area contributed by atoms with Crippen molar-refractivity contribution < 1.29 is 9.59 Å². The summed E-state index contributed by atoms with van der Waals surface area (Å²) < 4.78 is -1.32. The minimum absolute atomic E-state index is 0.198. The molecule has 0 bridgehead atoms. The fourth-order valence-corrected chi connectivity index (χ4v) is 5.29. The Hall–Kier alpha value is -2.21. The van der Waals surface area contributed by atoms with Gasteiger partial charge in [-0.25, -0.2) is 0 Å². The Morgan fingerprint density at radius 3 is 2.09 bits per heavy atom. The number of rotatable bonds is 6. The van der Waals surface area contributed by atoms with E-state index in [1.807, 2.05) is 12.1 Å². The Balaban J connectivity index is 1.49. The minimum atomic E-state index is -1.32. The zero-order valence-electron chi connectivity index (χ0n) is 17.4. The van der Waals surface area contributed by atoms with Crippen molar-refractivity contribution in [1.29, 1.82) is 0 Å². The first-order valence-electron chi connectivity index (χ1n) is 10.1. The molecule has 174 valence electrons. The Morgan fingerprint density at radius 1 is 0.853 bits per heavy atom. The predicted octanol–water partition coefficient (Wildman–Crippen LogP) is 8.07. The van der Waals surface area contributed by atoms with E-state index in [0.29, 0.717) is 27.0 Å². The van der Waals surface area contributed by atoms with Gasteiger partial charge in [0.25, 0.3) is 5.91 Å². The molecule has 9 heteroatoms. The van der Waals surface area contributed by atoms with Gasteiger partial charge in [-0.05, 0) is 59.7 Å². The van der Waals surface area contributed by atoms with Crippen molar-refractivity contribution in [2.24, 2.45) is 5.92 Å². The molecule has 2 N–H and O–H groups in total. The number of anilines is 2. The Bertz CT molecular complexity index is 1270. The summed E-state index contributed by atoms with van der Waals surface area (Å²) in [5.74, 6) is -2.04. The molecular weight excluding hydrogens is 538 g/mol. The van der Waals surface area contributed by atoms with Crippen LogP contribution < -0.4 is 10.6 Å². The highest BCUT2D eigenvalue weighted by Gasteiger charge is 2.67. The first-order chi connectivity index (χ1) is 16.1. The summed E-state index contributed by atoms with van der Waals surface area (Å²) in [4.78, 5) is 25.8. The van der Waals surface area contributed by atoms with Crippen molar-refractivity contribution in [3.05, 3.63) is 99.0 Å². The lowest BCUT2D eigenvalue weighted by atomic mass is 10.1. The van der Waals surface area contributed by atoms with Crippen molar-refractivity contribution in [3.63, 3.8) is 0 Å². The molecule has 4 rings (SSSR count). The maximum absolute atomic E-state index is 13.0. The Kier molecular flexibility index (Phi) is 7.18. The number of carbonyl (C=O) groups is 2. The average molecular weight is 555 g/mol. The molecule has 1 fully saturated rings. The van der Waals surface area contributed by atoms with Gasteiger partial charge in [0.2, 0.25) is 5.91 Å². The molecule has 0 radical (unpaired) electrons. The third-order valence-corrected chi connectivity index (χ3v) is 7.17. The molecule has 0 heterocycles. The summed E-state index contributed by atoms with van der Waals surface area (Å²) in [6.45, 7) is 3.70. The number of amides is 2. The van der Waals surface area contributed by atoms with Crippen LogP contribution in [0.3, 0.4) is 0 Å². The molecule has 0 aliphatic heterocycles. The summed E-state index contributed by atoms with van der Waals surface area (Å²) in [6.07, 6.45) is 1.70. The van der Waals surface area contributed by atoms with Crippen LogP contribution in [0.5, 0.6) is 0 Å². The van der Waals surface area contributed by atoms with E-state index >= 15 is 0 Å². The van der Waals surface area contributed by atoms with Crippen LogP contribution in [0.2, 0.25) is 15.1 Å². The fraction of sp³-hybridized carbons (Fsp3) is 0.120. The molecule has 4 nitrogen and oxygen atoms in total. The number of benzene rings is 3. The van der Waals surface area contributed by atoms with E-state index in [0.717, 1.165) is 5.56 Å². The summed E-state index contributed by atoms with van der Waals surface area (Å²) in [5, 5.41) is 6.63. The van der Waals surface area contributed by atoms with E-state index in [4.69, 9.17) is 58.0 Å². The van der Waals surface area contributed by atoms with E-state index in [1.54, 1.807) is 42.5 Å². The molecule has 3 aromatic rings. The fourth-order valence-electron chi connectivity index (χ4n) is 3.72. The van der Waals surface area contributed by atoms with Crippen molar-refractivity contribution in [2.75, 3.05) is 10.6 Å². The SMILES string of the molecule is C=Cc1ccc(NC(=O)c2cc(NC(=O)[C@@H]3[C@@H](c4cc(Cl)cc(Cl)c4)C3(Cl)Cl)ccc2Cl)cc1. The highest BCUT2D eigenvalue weighted by Crippen LogP contribution is 2.65. The van der Waals surface area contributed by atoms with Crippen LogP contribution in [0.15, 0.2) is 67.2 Å². The zero-order chi connectivity index (χ0) is 24.6. The van der Waals surface area contributed by atoms with Crippen LogP contribution in [0, 0.1) is 5.92 Å². The Morgan fingerprint density at radius 2 is 1.47 bits per heavy atom. The predicted molar refractivity (Wildman–Crippen MR) is 142 cm³/mol. The van der Waals surface area contributed by atoms with Crippen LogP contribution in [0.25, 0.3) is 6.08 Å². The van der Waals surface area contributed by atoms with Gasteiger partial charge in [-0.2, -0.15) is 0 Å². The van der Waals surface area contributed by atoms with Crippen molar-refractivity contribution in [2.45, 2.75) is 10.3 Å². The van der Waals surface area contributed by atoms with Crippen LogP contribution in [0.1, 0.15) is 27.4 Å². The molecule has 2 atom stereocenters. The van der Waals surface area contributed by atoms with E-state index in [-0.39, 0.29) is 10.6 Å². The lowest BCUT2D eigenvalue weighted by Gasteiger charge is -2.10. The van der Waals surface area contributed by atoms with E-state index in [1.165, 1.54) is 12.1 Å². The van der Waals surface area contributed by atoms with Crippen molar-refractivity contribution in [1.82, 2.24) is 0 Å². The monoisotopic (exact) mass is 552 g/mol. The number of alkyl halides is 2. The molecule has 3 aromatic carbocycles. The van der Waals surface area contributed by atoms with Gasteiger partial charge in [0.05, 0.1) is 16.5 Å². The maximum atomic E-state index is 13.0. The molecule has 1 aliphatic carbocycles. The molecule has 0 aromatic heterocycles. The summed E-state index contributed by atoms with van der Waals surface area (Å²) >= 11 is 31.2. The third kappa shape index (κ3) is 5.22. The van der Waals surface area contributed by atoms with Crippen LogP contribution in [-0.4, -0.2) is 16.1 Å². The molecule has 2 amide bonds. The molecule has 0 unspecified atom stereocenters. The lowest BCUT2D eigenvalue weighted by molar-refractivity contribution is -0.117. The number of hydrogen-bond acceptors (Lipinski definition) is 2. The van der Waals surface area contributed by atoms with Gasteiger partial charge in [-0.3, -0.25) is 9.59 Å². The highest BCUT2D eigenvalue weighted by molar-refractivity contribution is 6.53. The summed E-state index contributed by atoms with van der Waals surface area (Å²) in [7, 11) is 0. The van der Waals surface area contributed by atoms with E-state index in [9.17, 15) is 9.59 Å². The van der Waals surface area contributed by atoms with Gasteiger partial charge in [-0.15, -0.1) is 23.2 Å². The van der Waals surface area contributed by atoms with Gasteiger partial charge in [0.1, 0.15) is 4.33 Å². The van der Waals surface area contributed by atoms with Gasteiger partial charge < -0.3 is 10.6 Å². The molecular formula is C25H17Cl5N2O2. The van der Waals surface area contributed by atoms with E-state index < -0.39 is 28.0 Å². The quantitative estimate of drug-likeness (QED) is 0.303. The average Bonchev–Trinajstić information content (AvgIpc) is 3.37. The molecule has 1 saturated carbocycles. The van der Waals surface area contributed by atoms with Crippen LogP contribution in [0.4, 0.5) is 11.4 Å². The number of nitrogens with one attached hydrogen (secondary N) is 2. The molecule has 1 aliphatic rings. The standard InChI is InChI=1S/C25H17Cl5N2O2/c1-2-13-3-5-17(6-4-13)31-23(33)19-12-18(7-8-20(19)28)32-24(34)22-21(25(22,29)30)14-9-15(26)11-16(27)10-14/h2-12,21-22H,1H2,(H,31,33)(H,32,34)/t21-,22+/m1/s1. The number of hydrogen-bond donors (Lipinski definition) is 2. The molecule has 34 heavy (non-hydrogen) atoms. The lowest BCUT2D eigenvalue weighted by Crippen LogP contribution is -2.18. The van der Waals surface area contributed by atoms with E-state index in [2.05, 4.69) is 17.2 Å². The van der Waals surface area contributed by atoms with Crippen LogP contribution >= 0.6 is 58.0 Å². The summed E-state index contributed by atoms with van der Waals surface area (Å²) in [6, 6.07) is 16.7. The first kappa shape index (κ1) is 24.9. The largest absolute Gasteiger partial charge is 0.326 e. The minimum Gasteiger partial charge on any atom is -0.326 e. The smallest absolute Gasteiger partial charge is 0.257 e. The maximum Gasteiger partial charge on any atom is 0.257 e. The zero-order valence-corrected chi connectivity index (χ0v) is 21.2. The molecule has 0 saturated heterocycles. The highest BCUT2D eigenvalue weighted by atomic mass is 35.5. The molecule has 0 spiro atoms. The van der Waals surface area contributed by atoms with Gasteiger partial charge >= 0.3 is 0 Å². The van der Waals surface area contributed by atoms with Gasteiger partial charge in [-0.1, -0.05) is 59.6 Å². The second-order valence-electron chi connectivity index (χ2n) is 7.80. The Labute approximate surface area is 221 Å².